The van der Waals surface area contributed by atoms with Gasteiger partial charge in [-0.25, -0.2) is 9.37 Å². The second-order valence-corrected chi connectivity index (χ2v) is 4.79. The Balaban J connectivity index is 2.13. The van der Waals surface area contributed by atoms with Crippen LogP contribution in [0.2, 0.25) is 0 Å². The highest BCUT2D eigenvalue weighted by Crippen LogP contribution is 2.22. The summed E-state index contributed by atoms with van der Waals surface area (Å²) < 4.78 is 13.6. The molecule has 1 aromatic heterocycles. The monoisotopic (exact) mass is 287 g/mol. The number of hydrogen-bond donors (Lipinski definition) is 1. The fourth-order valence-electron chi connectivity index (χ4n) is 2.03. The van der Waals surface area contributed by atoms with E-state index in [0.717, 1.165) is 25.2 Å². The molecule has 1 aliphatic heterocycles. The van der Waals surface area contributed by atoms with Crippen LogP contribution in [0.4, 0.5) is 10.1 Å². The minimum atomic E-state index is -0.302. The quantitative estimate of drug-likeness (QED) is 0.845. The first kappa shape index (κ1) is 11.8. The summed E-state index contributed by atoms with van der Waals surface area (Å²) in [6.45, 7) is 1.89. The van der Waals surface area contributed by atoms with Crippen molar-refractivity contribution in [2.75, 3.05) is 25.0 Å². The van der Waals surface area contributed by atoms with Crippen molar-refractivity contribution in [2.24, 2.45) is 0 Å². The van der Waals surface area contributed by atoms with Crippen LogP contribution in [0.25, 0.3) is 0 Å². The van der Waals surface area contributed by atoms with Gasteiger partial charge in [-0.3, -0.25) is 0 Å². The highest BCUT2D eigenvalue weighted by atomic mass is 79.9. The lowest BCUT2D eigenvalue weighted by atomic mass is 10.1. The summed E-state index contributed by atoms with van der Waals surface area (Å²) in [5.41, 5.74) is 0.862. The molecule has 2 rings (SSSR count). The van der Waals surface area contributed by atoms with Crippen LogP contribution in [0.1, 0.15) is 12.8 Å². The van der Waals surface area contributed by atoms with E-state index in [4.69, 9.17) is 0 Å². The number of piperidine rings is 1. The van der Waals surface area contributed by atoms with Crippen LogP contribution in [0.5, 0.6) is 0 Å². The molecule has 1 aliphatic rings. The number of halogens is 2. The smallest absolute Gasteiger partial charge is 0.158 e. The normalized spacial score (nSPS) is 21.2. The molecule has 3 nitrogen and oxygen atoms in total. The number of anilines is 1. The molecule has 0 aliphatic carbocycles. The minimum Gasteiger partial charge on any atom is -0.369 e. The van der Waals surface area contributed by atoms with E-state index in [-0.39, 0.29) is 10.4 Å². The summed E-state index contributed by atoms with van der Waals surface area (Å²) in [6, 6.07) is 2.02. The molecule has 2 heterocycles. The predicted octanol–water partition coefficient (Wildman–Crippen LogP) is 2.17. The zero-order valence-electron chi connectivity index (χ0n) is 9.21. The number of likely N-dealkylation sites (N-methyl/N-ethyl adjacent to an activating group) is 1. The van der Waals surface area contributed by atoms with Crippen LogP contribution in [0.15, 0.2) is 16.9 Å². The van der Waals surface area contributed by atoms with E-state index in [9.17, 15) is 4.39 Å². The molecule has 0 bridgehead atoms. The lowest BCUT2D eigenvalue weighted by Gasteiger charge is -2.34. The van der Waals surface area contributed by atoms with E-state index < -0.39 is 0 Å². The first-order chi connectivity index (χ1) is 7.70. The van der Waals surface area contributed by atoms with Crippen molar-refractivity contribution in [1.29, 1.82) is 0 Å². The predicted molar refractivity (Wildman–Crippen MR) is 66.2 cm³/mol. The molecule has 1 atom stereocenters. The van der Waals surface area contributed by atoms with Crippen molar-refractivity contribution in [3.8, 4) is 0 Å². The van der Waals surface area contributed by atoms with Gasteiger partial charge < -0.3 is 10.2 Å². The molecule has 88 valence electrons. The number of nitrogens with zero attached hydrogens (tertiary/aromatic N) is 2. The van der Waals surface area contributed by atoms with Gasteiger partial charge in [0.1, 0.15) is 4.60 Å². The molecule has 1 fully saturated rings. The van der Waals surface area contributed by atoms with Gasteiger partial charge in [-0.1, -0.05) is 0 Å². The molecule has 0 radical (unpaired) electrons. The zero-order valence-corrected chi connectivity index (χ0v) is 10.8. The molecular formula is C11H15BrFN3. The standard InChI is InChI=1S/C11H15BrFN3/c1-14-8-3-2-4-16(7-8)9-5-10(13)11(12)15-6-9/h5-6,8,14H,2-4,7H2,1H3/t8-/m1/s1. The maximum atomic E-state index is 13.4. The van der Waals surface area contributed by atoms with Gasteiger partial charge in [0.15, 0.2) is 5.82 Å². The van der Waals surface area contributed by atoms with Gasteiger partial charge >= 0.3 is 0 Å². The maximum Gasteiger partial charge on any atom is 0.158 e. The lowest BCUT2D eigenvalue weighted by molar-refractivity contribution is 0.449. The Morgan fingerprint density at radius 2 is 2.44 bits per heavy atom. The summed E-state index contributed by atoms with van der Waals surface area (Å²) in [6.07, 6.45) is 4.02. The molecule has 1 saturated heterocycles. The number of hydrogen-bond acceptors (Lipinski definition) is 3. The second-order valence-electron chi connectivity index (χ2n) is 4.04. The van der Waals surface area contributed by atoms with Gasteiger partial charge in [0.05, 0.1) is 11.9 Å². The summed E-state index contributed by atoms with van der Waals surface area (Å²) in [5, 5.41) is 3.26. The highest BCUT2D eigenvalue weighted by Gasteiger charge is 2.19. The third kappa shape index (κ3) is 2.52. The van der Waals surface area contributed by atoms with Crippen LogP contribution in [0, 0.1) is 5.82 Å². The Bertz CT molecular complexity index is 372. The minimum absolute atomic E-state index is 0.276. The number of aromatic nitrogens is 1. The Hall–Kier alpha value is -0.680. The van der Waals surface area contributed by atoms with E-state index in [0.29, 0.717) is 6.04 Å². The van der Waals surface area contributed by atoms with Crippen LogP contribution in [-0.4, -0.2) is 31.2 Å². The van der Waals surface area contributed by atoms with E-state index in [2.05, 4.69) is 31.1 Å². The molecule has 1 aromatic rings. The molecule has 0 saturated carbocycles. The average molecular weight is 288 g/mol. The summed E-state index contributed by atoms with van der Waals surface area (Å²) in [7, 11) is 1.97. The van der Waals surface area contributed by atoms with Crippen molar-refractivity contribution in [1.82, 2.24) is 10.3 Å². The molecule has 1 N–H and O–H groups in total. The van der Waals surface area contributed by atoms with Crippen molar-refractivity contribution in [3.63, 3.8) is 0 Å². The van der Waals surface area contributed by atoms with Gasteiger partial charge in [-0.2, -0.15) is 0 Å². The van der Waals surface area contributed by atoms with Crippen molar-refractivity contribution >= 4 is 21.6 Å². The van der Waals surface area contributed by atoms with Crippen LogP contribution < -0.4 is 10.2 Å². The van der Waals surface area contributed by atoms with E-state index in [1.807, 2.05) is 7.05 Å². The molecule has 0 amide bonds. The lowest BCUT2D eigenvalue weighted by Crippen LogP contribution is -2.44. The van der Waals surface area contributed by atoms with Crippen LogP contribution in [-0.2, 0) is 0 Å². The summed E-state index contributed by atoms with van der Waals surface area (Å²) in [4.78, 5) is 6.16. The molecule has 0 spiro atoms. The zero-order chi connectivity index (χ0) is 11.5. The van der Waals surface area contributed by atoms with Gasteiger partial charge in [0.2, 0.25) is 0 Å². The molecule has 5 heteroatoms. The molecular weight excluding hydrogens is 273 g/mol. The molecule has 0 unspecified atom stereocenters. The van der Waals surface area contributed by atoms with Crippen molar-refractivity contribution in [3.05, 3.63) is 22.7 Å². The molecule has 0 aromatic carbocycles. The topological polar surface area (TPSA) is 28.2 Å². The fourth-order valence-corrected chi connectivity index (χ4v) is 2.25. The second kappa shape index (κ2) is 5.10. The Morgan fingerprint density at radius 3 is 3.12 bits per heavy atom. The first-order valence-electron chi connectivity index (χ1n) is 5.44. The number of pyridine rings is 1. The van der Waals surface area contributed by atoms with Gasteiger partial charge in [-0.15, -0.1) is 0 Å². The van der Waals surface area contributed by atoms with Gasteiger partial charge in [0, 0.05) is 25.2 Å². The summed E-state index contributed by atoms with van der Waals surface area (Å²) >= 11 is 3.06. The van der Waals surface area contributed by atoms with E-state index >= 15 is 0 Å². The Labute approximate surface area is 103 Å². The number of nitrogens with one attached hydrogen (secondary N) is 1. The van der Waals surface area contributed by atoms with Gasteiger partial charge in [-0.05, 0) is 35.8 Å². The maximum absolute atomic E-state index is 13.4. The SMILES string of the molecule is CN[C@@H]1CCCN(c2cnc(Br)c(F)c2)C1. The largest absolute Gasteiger partial charge is 0.369 e. The average Bonchev–Trinajstić information content (AvgIpc) is 2.33. The first-order valence-corrected chi connectivity index (χ1v) is 6.23. The van der Waals surface area contributed by atoms with E-state index in [1.165, 1.54) is 12.5 Å². The number of rotatable bonds is 2. The third-order valence-corrected chi connectivity index (χ3v) is 3.56. The Kier molecular flexibility index (Phi) is 3.76. The van der Waals surface area contributed by atoms with Crippen LogP contribution >= 0.6 is 15.9 Å². The molecule has 16 heavy (non-hydrogen) atoms. The van der Waals surface area contributed by atoms with Crippen LogP contribution in [0.3, 0.4) is 0 Å². The summed E-state index contributed by atoms with van der Waals surface area (Å²) in [5.74, 6) is -0.302. The van der Waals surface area contributed by atoms with Gasteiger partial charge in [0.25, 0.3) is 0 Å². The van der Waals surface area contributed by atoms with Crippen molar-refractivity contribution in [2.45, 2.75) is 18.9 Å². The highest BCUT2D eigenvalue weighted by molar-refractivity contribution is 9.10. The fraction of sp³-hybridized carbons (Fsp3) is 0.545. The Morgan fingerprint density at radius 1 is 1.62 bits per heavy atom. The van der Waals surface area contributed by atoms with E-state index in [1.54, 1.807) is 6.20 Å². The third-order valence-electron chi connectivity index (χ3n) is 2.98. The van der Waals surface area contributed by atoms with Crippen molar-refractivity contribution < 1.29 is 4.39 Å².